The molecule has 66 heavy (non-hydrogen) atoms. The van der Waals surface area contributed by atoms with Crippen molar-refractivity contribution in [3.8, 4) is 0 Å². The van der Waals surface area contributed by atoms with E-state index in [9.17, 15) is 58.6 Å². The van der Waals surface area contributed by atoms with Crippen molar-refractivity contribution in [2.45, 2.75) is 217 Å². The molecule has 1 saturated carbocycles. The maximum absolute atomic E-state index is 13.0. The van der Waals surface area contributed by atoms with Crippen molar-refractivity contribution in [2.75, 3.05) is 13.2 Å². The van der Waals surface area contributed by atoms with E-state index < -0.39 is 83.5 Å². The lowest BCUT2D eigenvalue weighted by Gasteiger charge is -2.43. The topological polar surface area (TPSA) is 273 Å². The van der Waals surface area contributed by atoms with Crippen LogP contribution in [0.1, 0.15) is 174 Å². The minimum atomic E-state index is -5.38. The van der Waals surface area contributed by atoms with Crippen LogP contribution in [0.4, 0.5) is 0 Å². The fourth-order valence-corrected chi connectivity index (χ4v) is 8.58. The molecule has 19 heteroatoms. The summed E-state index contributed by atoms with van der Waals surface area (Å²) in [4.78, 5) is 66.4. The first-order valence-electron chi connectivity index (χ1n) is 24.1. The summed E-state index contributed by atoms with van der Waals surface area (Å²) < 4.78 is 49.3. The molecule has 8 atom stereocenters. The quantitative estimate of drug-likeness (QED) is 0.00757. The molecule has 0 aromatic heterocycles. The number of hydrogen-bond donors (Lipinski definition) is 7. The first kappa shape index (κ1) is 61.6. The monoisotopic (exact) mass is 981 g/mol. The second kappa shape index (κ2) is 37.5. The summed E-state index contributed by atoms with van der Waals surface area (Å²) in [6.07, 6.45) is 23.1. The molecule has 0 bridgehead atoms. The maximum Gasteiger partial charge on any atom is 0.472 e. The number of allylic oxidation sites excluding steroid dienone is 8. The van der Waals surface area contributed by atoms with Gasteiger partial charge in [0.25, 0.3) is 0 Å². The standard InChI is InChI=1S/C47H82O17P2/c1-3-5-7-9-11-12-13-14-15-16-17-18-19-20-22-26-31-35-41(50)62-39(36-60-40(49)34-30-27-23-25-29-33-38(48)32-28-24-21-10-8-6-4-2)37-61-66(58,59)64-47-44(53)42(51)43(52)46(45(47)54)63-65(55,56)57/h11-12,14-15,21,24,28,32,39,42-47,51-54H,3-10,13,16-20,22-23,25-27,29-31,33-37H2,1-2H3,(H,58,59)(H2,55,56,57)/b12-11-,15-14-,24-21-,32-28+/t39-,42?,43?,44?,45?,46-,47+/m1/s1. The third-order valence-corrected chi connectivity index (χ3v) is 12.4. The number of esters is 2. The van der Waals surface area contributed by atoms with Crippen LogP contribution < -0.4 is 0 Å². The van der Waals surface area contributed by atoms with Gasteiger partial charge in [-0.25, -0.2) is 9.13 Å². The molecule has 1 rings (SSSR count). The van der Waals surface area contributed by atoms with Crippen molar-refractivity contribution in [1.29, 1.82) is 0 Å². The number of carbonyl (C=O) groups excluding carboxylic acids is 3. The third-order valence-electron chi connectivity index (χ3n) is 10.9. The summed E-state index contributed by atoms with van der Waals surface area (Å²) in [5.41, 5.74) is 0. The Kier molecular flexibility index (Phi) is 35.0. The van der Waals surface area contributed by atoms with Crippen molar-refractivity contribution in [3.05, 3.63) is 48.6 Å². The highest BCUT2D eigenvalue weighted by molar-refractivity contribution is 7.47. The van der Waals surface area contributed by atoms with Crippen LogP contribution in [0, 0.1) is 0 Å². The number of aliphatic hydroxyl groups excluding tert-OH is 4. The first-order chi connectivity index (χ1) is 31.5. The molecule has 1 fully saturated rings. The van der Waals surface area contributed by atoms with E-state index in [2.05, 4.69) is 48.8 Å². The number of hydrogen-bond acceptors (Lipinski definition) is 14. The van der Waals surface area contributed by atoms with Crippen molar-refractivity contribution in [3.63, 3.8) is 0 Å². The number of phosphoric ester groups is 2. The number of phosphoric acid groups is 2. The van der Waals surface area contributed by atoms with E-state index in [-0.39, 0.29) is 18.6 Å². The van der Waals surface area contributed by atoms with E-state index >= 15 is 0 Å². The molecule has 1 aliphatic carbocycles. The van der Waals surface area contributed by atoms with Crippen molar-refractivity contribution in [2.24, 2.45) is 0 Å². The summed E-state index contributed by atoms with van der Waals surface area (Å²) in [5.74, 6) is -1.25. The van der Waals surface area contributed by atoms with Gasteiger partial charge in [-0.3, -0.25) is 28.0 Å². The Bertz CT molecular complexity index is 1530. The molecule has 0 aromatic rings. The van der Waals surface area contributed by atoms with E-state index in [0.29, 0.717) is 25.7 Å². The number of unbranched alkanes of at least 4 members (excludes halogenated alkanes) is 17. The van der Waals surface area contributed by atoms with Crippen molar-refractivity contribution in [1.82, 2.24) is 0 Å². The largest absolute Gasteiger partial charge is 0.472 e. The molecule has 0 radical (unpaired) electrons. The summed E-state index contributed by atoms with van der Waals surface area (Å²) in [5, 5.41) is 41.2. The third kappa shape index (κ3) is 31.6. The molecule has 0 aliphatic heterocycles. The number of ketones is 1. The average Bonchev–Trinajstić information content (AvgIpc) is 3.27. The van der Waals surface area contributed by atoms with E-state index in [4.69, 9.17) is 18.5 Å². The lowest BCUT2D eigenvalue weighted by Crippen LogP contribution is -2.64. The van der Waals surface area contributed by atoms with E-state index in [0.717, 1.165) is 96.3 Å². The minimum Gasteiger partial charge on any atom is -0.462 e. The fourth-order valence-electron chi connectivity index (χ4n) is 7.04. The van der Waals surface area contributed by atoms with Crippen LogP contribution >= 0.6 is 15.6 Å². The zero-order valence-electron chi connectivity index (χ0n) is 39.4. The highest BCUT2D eigenvalue weighted by Gasteiger charge is 2.54. The summed E-state index contributed by atoms with van der Waals surface area (Å²) in [7, 11) is -10.7. The molecular formula is C47H82O17P2. The Labute approximate surface area is 392 Å². The van der Waals surface area contributed by atoms with Gasteiger partial charge in [0.15, 0.2) is 11.9 Å². The van der Waals surface area contributed by atoms with E-state index in [1.807, 2.05) is 6.08 Å². The number of ether oxygens (including phenoxy) is 2. The lowest BCUT2D eigenvalue weighted by molar-refractivity contribution is -0.216. The Balaban J connectivity index is 2.62. The molecule has 0 amide bonds. The maximum atomic E-state index is 13.0. The normalized spacial score (nSPS) is 21.8. The summed E-state index contributed by atoms with van der Waals surface area (Å²) >= 11 is 0. The van der Waals surface area contributed by atoms with Crippen LogP contribution in [-0.4, -0.2) is 109 Å². The van der Waals surface area contributed by atoms with Gasteiger partial charge >= 0.3 is 27.6 Å². The molecule has 7 N–H and O–H groups in total. The first-order valence-corrected chi connectivity index (χ1v) is 27.2. The van der Waals surface area contributed by atoms with Crippen LogP contribution in [0.25, 0.3) is 0 Å². The molecule has 5 unspecified atom stereocenters. The Morgan fingerprint density at radius 2 is 1.02 bits per heavy atom. The van der Waals surface area contributed by atoms with E-state index in [1.54, 1.807) is 12.2 Å². The predicted octanol–water partition coefficient (Wildman–Crippen LogP) is 8.46. The van der Waals surface area contributed by atoms with Gasteiger partial charge in [-0.15, -0.1) is 0 Å². The average molecular weight is 981 g/mol. The van der Waals surface area contributed by atoms with Gasteiger partial charge in [0.2, 0.25) is 0 Å². The van der Waals surface area contributed by atoms with Gasteiger partial charge in [-0.05, 0) is 70.3 Å². The van der Waals surface area contributed by atoms with Crippen LogP contribution in [0.15, 0.2) is 48.6 Å². The number of carbonyl (C=O) groups is 3. The SMILES string of the molecule is CCCCC/C=C\C=C\C(=O)CCCCCCCC(=O)OC[C@H](COP(=O)(O)O[C@H]1C(O)C(O)C(O)[C@@H](OP(=O)(O)O)C1O)OC(=O)CCCCCCCCC/C=C\C/C=C\CCCCC. The van der Waals surface area contributed by atoms with E-state index in [1.165, 1.54) is 25.7 Å². The number of rotatable bonds is 40. The Morgan fingerprint density at radius 1 is 0.530 bits per heavy atom. The van der Waals surface area contributed by atoms with Gasteiger partial charge in [0.05, 0.1) is 6.61 Å². The molecular weight excluding hydrogens is 898 g/mol. The molecule has 0 spiro atoms. The smallest absolute Gasteiger partial charge is 0.462 e. The highest BCUT2D eigenvalue weighted by Crippen LogP contribution is 2.49. The molecule has 17 nitrogen and oxygen atoms in total. The van der Waals surface area contributed by atoms with Crippen molar-refractivity contribution < 1.29 is 81.7 Å². The Morgan fingerprint density at radius 3 is 1.58 bits per heavy atom. The second-order valence-electron chi connectivity index (χ2n) is 16.9. The molecule has 0 heterocycles. The summed E-state index contributed by atoms with van der Waals surface area (Å²) in [6.45, 7) is 2.92. The highest BCUT2D eigenvalue weighted by atomic mass is 31.2. The lowest BCUT2D eigenvalue weighted by atomic mass is 9.85. The van der Waals surface area contributed by atoms with Crippen molar-refractivity contribution >= 4 is 33.4 Å². The van der Waals surface area contributed by atoms with Crippen LogP contribution in [0.2, 0.25) is 0 Å². The fraction of sp³-hybridized carbons (Fsp3) is 0.766. The second-order valence-corrected chi connectivity index (χ2v) is 19.5. The van der Waals surface area contributed by atoms with Crippen LogP contribution in [0.3, 0.4) is 0 Å². The van der Waals surface area contributed by atoms with Gasteiger partial charge in [0.1, 0.15) is 43.2 Å². The zero-order valence-corrected chi connectivity index (χ0v) is 41.1. The van der Waals surface area contributed by atoms with Crippen LogP contribution in [0.5, 0.6) is 0 Å². The molecule has 0 aromatic carbocycles. The van der Waals surface area contributed by atoms with Crippen LogP contribution in [-0.2, 0) is 46.6 Å². The zero-order chi connectivity index (χ0) is 49.1. The van der Waals surface area contributed by atoms with Gasteiger partial charge in [-0.1, -0.05) is 133 Å². The Hall–Kier alpha value is -2.37. The molecule has 0 saturated heterocycles. The molecule has 1 aliphatic rings. The summed E-state index contributed by atoms with van der Waals surface area (Å²) in [6, 6.07) is 0. The minimum absolute atomic E-state index is 0.00919. The van der Waals surface area contributed by atoms with Gasteiger partial charge in [0, 0.05) is 19.3 Å². The predicted molar refractivity (Wildman–Crippen MR) is 251 cm³/mol. The number of aliphatic hydroxyl groups is 4. The van der Waals surface area contributed by atoms with Gasteiger partial charge < -0.3 is 44.6 Å². The molecule has 382 valence electrons. The van der Waals surface area contributed by atoms with Gasteiger partial charge in [-0.2, -0.15) is 0 Å².